The molecule has 1 atom stereocenters. The van der Waals surface area contributed by atoms with E-state index >= 15 is 0 Å². The fraction of sp³-hybridized carbons (Fsp3) is 0.312. The minimum absolute atomic E-state index is 0.00283. The van der Waals surface area contributed by atoms with E-state index in [1.165, 1.54) is 6.07 Å². The first kappa shape index (κ1) is 16.5. The fourth-order valence-electron chi connectivity index (χ4n) is 1.81. The Kier molecular flexibility index (Phi) is 5.35. The number of nitrogens with one attached hydrogen (secondary N) is 2. The summed E-state index contributed by atoms with van der Waals surface area (Å²) >= 11 is 0. The van der Waals surface area contributed by atoms with E-state index < -0.39 is 24.5 Å². The zero-order valence-electron chi connectivity index (χ0n) is 12.9. The minimum Gasteiger partial charge on any atom is -0.450 e. The highest BCUT2D eigenvalue weighted by atomic mass is 16.5. The Morgan fingerprint density at radius 2 is 2.00 bits per heavy atom. The molecule has 23 heavy (non-hydrogen) atoms. The summed E-state index contributed by atoms with van der Waals surface area (Å²) in [6, 6.07) is 7.97. The molecule has 0 spiro atoms. The Bertz CT molecular complexity index is 689. The van der Waals surface area contributed by atoms with E-state index in [1.807, 2.05) is 19.9 Å². The molecule has 1 aromatic heterocycles. The molecule has 2 rings (SSSR count). The number of fused-ring (bicyclic) bond motifs is 1. The van der Waals surface area contributed by atoms with Gasteiger partial charge in [0.05, 0.1) is 0 Å². The van der Waals surface area contributed by atoms with Crippen LogP contribution in [-0.2, 0) is 9.53 Å². The van der Waals surface area contributed by atoms with Gasteiger partial charge in [0.15, 0.2) is 6.61 Å². The molecule has 122 valence electrons. The van der Waals surface area contributed by atoms with Gasteiger partial charge in [0.25, 0.3) is 5.91 Å². The second-order valence-electron chi connectivity index (χ2n) is 5.06. The van der Waals surface area contributed by atoms with Crippen molar-refractivity contribution < 1.29 is 23.5 Å². The van der Waals surface area contributed by atoms with Crippen LogP contribution in [0.25, 0.3) is 11.0 Å². The van der Waals surface area contributed by atoms with Crippen molar-refractivity contribution in [1.82, 2.24) is 10.6 Å². The summed E-state index contributed by atoms with van der Waals surface area (Å²) < 4.78 is 10.2. The summed E-state index contributed by atoms with van der Waals surface area (Å²) in [6.45, 7) is 3.15. The first-order valence-electron chi connectivity index (χ1n) is 7.25. The van der Waals surface area contributed by atoms with Crippen molar-refractivity contribution in [2.24, 2.45) is 0 Å². The van der Waals surface area contributed by atoms with Crippen molar-refractivity contribution in [2.45, 2.75) is 26.3 Å². The van der Waals surface area contributed by atoms with Gasteiger partial charge in [-0.05, 0) is 25.5 Å². The van der Waals surface area contributed by atoms with Crippen LogP contribution in [0.4, 0.5) is 4.79 Å². The number of hydrogen-bond acceptors (Lipinski definition) is 5. The van der Waals surface area contributed by atoms with Gasteiger partial charge in [0, 0.05) is 11.4 Å². The van der Waals surface area contributed by atoms with Gasteiger partial charge in [-0.2, -0.15) is 0 Å². The Balaban J connectivity index is 1.84. The first-order chi connectivity index (χ1) is 11.0. The smallest absolute Gasteiger partial charge is 0.374 e. The summed E-state index contributed by atoms with van der Waals surface area (Å²) in [5.41, 5.74) is 0.553. The molecule has 0 unspecified atom stereocenters. The molecule has 0 saturated heterocycles. The predicted octanol–water partition coefficient (Wildman–Crippen LogP) is 2.21. The average Bonchev–Trinajstić information content (AvgIpc) is 2.96. The highest BCUT2D eigenvalue weighted by molar-refractivity contribution is 5.97. The number of rotatable bonds is 5. The number of amides is 3. The number of para-hydroxylation sites is 1. The number of imide groups is 1. The summed E-state index contributed by atoms with van der Waals surface area (Å²) in [5, 5.41) is 5.41. The van der Waals surface area contributed by atoms with Crippen molar-refractivity contribution in [1.29, 1.82) is 0 Å². The van der Waals surface area contributed by atoms with E-state index in [0.29, 0.717) is 5.58 Å². The molecule has 1 aromatic carbocycles. The van der Waals surface area contributed by atoms with Gasteiger partial charge >= 0.3 is 12.0 Å². The van der Waals surface area contributed by atoms with Crippen LogP contribution in [0.3, 0.4) is 0 Å². The van der Waals surface area contributed by atoms with Gasteiger partial charge in [-0.15, -0.1) is 0 Å². The number of furan rings is 1. The molecule has 0 aliphatic rings. The van der Waals surface area contributed by atoms with E-state index in [-0.39, 0.29) is 11.8 Å². The normalized spacial score (nSPS) is 11.7. The molecule has 3 amide bonds. The summed E-state index contributed by atoms with van der Waals surface area (Å²) in [7, 11) is 0. The van der Waals surface area contributed by atoms with Gasteiger partial charge < -0.3 is 14.5 Å². The molecule has 0 saturated carbocycles. The summed E-state index contributed by atoms with van der Waals surface area (Å²) in [5.74, 6) is -1.47. The standard InChI is InChI=1S/C16H18N2O5/c1-3-10(2)17-16(21)18-14(19)9-22-15(20)13-8-11-6-4-5-7-12(11)23-13/h4-8,10H,3,9H2,1-2H3,(H2,17,18,19,21)/t10-/m0/s1. The highest BCUT2D eigenvalue weighted by Crippen LogP contribution is 2.19. The number of carbonyl (C=O) groups is 3. The maximum atomic E-state index is 11.8. The zero-order valence-corrected chi connectivity index (χ0v) is 12.9. The second-order valence-corrected chi connectivity index (χ2v) is 5.06. The topological polar surface area (TPSA) is 97.6 Å². The third-order valence-electron chi connectivity index (χ3n) is 3.20. The number of carbonyl (C=O) groups excluding carboxylic acids is 3. The van der Waals surface area contributed by atoms with E-state index in [2.05, 4.69) is 10.6 Å². The fourth-order valence-corrected chi connectivity index (χ4v) is 1.81. The third-order valence-corrected chi connectivity index (χ3v) is 3.20. The molecule has 0 aliphatic carbocycles. The Morgan fingerprint density at radius 1 is 1.26 bits per heavy atom. The molecule has 1 heterocycles. The number of hydrogen-bond donors (Lipinski definition) is 2. The van der Waals surface area contributed by atoms with Crippen LogP contribution in [0.5, 0.6) is 0 Å². The maximum Gasteiger partial charge on any atom is 0.374 e. The lowest BCUT2D eigenvalue weighted by Crippen LogP contribution is -2.44. The van der Waals surface area contributed by atoms with Crippen LogP contribution in [0, 0.1) is 0 Å². The Hall–Kier alpha value is -2.83. The van der Waals surface area contributed by atoms with Crippen molar-refractivity contribution in [3.63, 3.8) is 0 Å². The maximum absolute atomic E-state index is 11.8. The zero-order chi connectivity index (χ0) is 16.8. The quantitative estimate of drug-likeness (QED) is 0.824. The van der Waals surface area contributed by atoms with Crippen LogP contribution in [0.15, 0.2) is 34.7 Å². The lowest BCUT2D eigenvalue weighted by Gasteiger charge is -2.11. The number of urea groups is 1. The molecule has 7 heteroatoms. The van der Waals surface area contributed by atoms with Crippen LogP contribution < -0.4 is 10.6 Å². The molecule has 0 bridgehead atoms. The second kappa shape index (κ2) is 7.44. The van der Waals surface area contributed by atoms with E-state index in [1.54, 1.807) is 18.2 Å². The highest BCUT2D eigenvalue weighted by Gasteiger charge is 2.16. The van der Waals surface area contributed by atoms with Crippen molar-refractivity contribution in [3.05, 3.63) is 36.1 Å². The third kappa shape index (κ3) is 4.57. The predicted molar refractivity (Wildman–Crippen MR) is 82.9 cm³/mol. The Morgan fingerprint density at radius 3 is 2.70 bits per heavy atom. The van der Waals surface area contributed by atoms with Crippen molar-refractivity contribution in [3.8, 4) is 0 Å². The Labute approximate surface area is 133 Å². The molecule has 0 fully saturated rings. The van der Waals surface area contributed by atoms with Crippen molar-refractivity contribution in [2.75, 3.05) is 6.61 Å². The lowest BCUT2D eigenvalue weighted by atomic mass is 10.2. The largest absolute Gasteiger partial charge is 0.450 e. The van der Waals surface area contributed by atoms with E-state index in [4.69, 9.17) is 9.15 Å². The molecule has 2 aromatic rings. The summed E-state index contributed by atoms with van der Waals surface area (Å²) in [6.07, 6.45) is 0.739. The minimum atomic E-state index is -0.765. The van der Waals surface area contributed by atoms with Crippen LogP contribution >= 0.6 is 0 Å². The van der Waals surface area contributed by atoms with Gasteiger partial charge in [-0.25, -0.2) is 9.59 Å². The lowest BCUT2D eigenvalue weighted by molar-refractivity contribution is -0.123. The van der Waals surface area contributed by atoms with Gasteiger partial charge in [0.1, 0.15) is 5.58 Å². The van der Waals surface area contributed by atoms with Crippen molar-refractivity contribution >= 4 is 28.9 Å². The summed E-state index contributed by atoms with van der Waals surface area (Å²) in [4.78, 5) is 34.8. The van der Waals surface area contributed by atoms with E-state index in [9.17, 15) is 14.4 Å². The average molecular weight is 318 g/mol. The van der Waals surface area contributed by atoms with Crippen LogP contribution in [-0.4, -0.2) is 30.6 Å². The molecular formula is C16H18N2O5. The number of benzene rings is 1. The molecule has 2 N–H and O–H groups in total. The van der Waals surface area contributed by atoms with E-state index in [0.717, 1.165) is 11.8 Å². The van der Waals surface area contributed by atoms with Gasteiger partial charge in [-0.1, -0.05) is 25.1 Å². The molecular weight excluding hydrogens is 300 g/mol. The van der Waals surface area contributed by atoms with Gasteiger partial charge in [0.2, 0.25) is 5.76 Å². The van der Waals surface area contributed by atoms with Gasteiger partial charge in [-0.3, -0.25) is 10.1 Å². The molecule has 7 nitrogen and oxygen atoms in total. The SMILES string of the molecule is CC[C@H](C)NC(=O)NC(=O)COC(=O)c1cc2ccccc2o1. The number of esters is 1. The van der Waals surface area contributed by atoms with Crippen LogP contribution in [0.2, 0.25) is 0 Å². The molecule has 0 radical (unpaired) electrons. The first-order valence-corrected chi connectivity index (χ1v) is 7.25. The van der Waals surface area contributed by atoms with Crippen LogP contribution in [0.1, 0.15) is 30.8 Å². The molecule has 0 aliphatic heterocycles. The number of ether oxygens (including phenoxy) is 1. The monoisotopic (exact) mass is 318 g/mol.